The van der Waals surface area contributed by atoms with Crippen LogP contribution in [-0.2, 0) is 0 Å². The summed E-state index contributed by atoms with van der Waals surface area (Å²) in [6.07, 6.45) is -0.793. The Labute approximate surface area is 132 Å². The van der Waals surface area contributed by atoms with Crippen molar-refractivity contribution in [3.63, 3.8) is 0 Å². The number of ether oxygens (including phenoxy) is 1. The molecule has 0 radical (unpaired) electrons. The van der Waals surface area contributed by atoms with Crippen molar-refractivity contribution < 1.29 is 14.2 Å². The maximum absolute atomic E-state index is 13.4. The zero-order valence-electron chi connectivity index (χ0n) is 11.0. The van der Waals surface area contributed by atoms with E-state index >= 15 is 0 Å². The zero-order chi connectivity index (χ0) is 15.2. The second-order valence-corrected chi connectivity index (χ2v) is 5.22. The minimum absolute atomic E-state index is 0.0550. The molecular weight excluding hydrogens is 316 g/mol. The lowest BCUT2D eigenvalue weighted by Crippen LogP contribution is -2.26. The molecule has 0 saturated carbocycles. The van der Waals surface area contributed by atoms with Gasteiger partial charge < -0.3 is 15.2 Å². The molecule has 21 heavy (non-hydrogen) atoms. The predicted molar refractivity (Wildman–Crippen MR) is 82.9 cm³/mol. The van der Waals surface area contributed by atoms with Crippen LogP contribution in [0.15, 0.2) is 42.5 Å². The highest BCUT2D eigenvalue weighted by molar-refractivity contribution is 6.42. The Bertz CT molecular complexity index is 610. The van der Waals surface area contributed by atoms with Gasteiger partial charge in [0.05, 0.1) is 15.7 Å². The summed E-state index contributed by atoms with van der Waals surface area (Å²) in [5.41, 5.74) is 0.339. The molecule has 1 atom stereocenters. The average Bonchev–Trinajstić information content (AvgIpc) is 2.47. The van der Waals surface area contributed by atoms with E-state index in [0.717, 1.165) is 0 Å². The summed E-state index contributed by atoms with van der Waals surface area (Å²) in [6.45, 7) is 0.224. The number of aliphatic hydroxyl groups is 1. The van der Waals surface area contributed by atoms with E-state index in [1.54, 1.807) is 36.4 Å². The molecule has 0 aliphatic heterocycles. The summed E-state index contributed by atoms with van der Waals surface area (Å²) in [5, 5.41) is 13.5. The standard InChI is InChI=1S/C15H14Cl2FNO2/c16-12-6-5-11(7-13(12)17)21-9-10(20)8-19-15-4-2-1-3-14(15)18/h1-7,10,19-20H,8-9H2. The van der Waals surface area contributed by atoms with Crippen molar-refractivity contribution in [1.29, 1.82) is 0 Å². The predicted octanol–water partition coefficient (Wildman–Crippen LogP) is 3.98. The van der Waals surface area contributed by atoms with Gasteiger partial charge in [0.1, 0.15) is 24.3 Å². The van der Waals surface area contributed by atoms with Gasteiger partial charge in [0.2, 0.25) is 0 Å². The van der Waals surface area contributed by atoms with Crippen LogP contribution in [0, 0.1) is 5.82 Å². The molecule has 2 rings (SSSR count). The summed E-state index contributed by atoms with van der Waals surface area (Å²) < 4.78 is 18.8. The Balaban J connectivity index is 1.81. The van der Waals surface area contributed by atoms with Crippen molar-refractivity contribution in [2.75, 3.05) is 18.5 Å². The second kappa shape index (κ2) is 7.50. The first-order valence-electron chi connectivity index (χ1n) is 6.30. The molecule has 112 valence electrons. The van der Waals surface area contributed by atoms with Gasteiger partial charge in [0.15, 0.2) is 0 Å². The normalized spacial score (nSPS) is 12.0. The molecule has 2 N–H and O–H groups in total. The van der Waals surface area contributed by atoms with E-state index in [2.05, 4.69) is 5.32 Å². The van der Waals surface area contributed by atoms with Gasteiger partial charge in [-0.1, -0.05) is 35.3 Å². The molecule has 0 amide bonds. The summed E-state index contributed by atoms with van der Waals surface area (Å²) >= 11 is 11.7. The van der Waals surface area contributed by atoms with Crippen LogP contribution >= 0.6 is 23.2 Å². The first-order valence-corrected chi connectivity index (χ1v) is 7.06. The van der Waals surface area contributed by atoms with E-state index in [0.29, 0.717) is 21.5 Å². The fraction of sp³-hybridized carbons (Fsp3) is 0.200. The van der Waals surface area contributed by atoms with Crippen LogP contribution in [0.3, 0.4) is 0 Å². The molecule has 6 heteroatoms. The molecule has 0 saturated heterocycles. The number of nitrogens with one attached hydrogen (secondary N) is 1. The topological polar surface area (TPSA) is 41.5 Å². The Morgan fingerprint density at radius 1 is 1.14 bits per heavy atom. The quantitative estimate of drug-likeness (QED) is 0.842. The third-order valence-electron chi connectivity index (χ3n) is 2.74. The molecule has 0 heterocycles. The lowest BCUT2D eigenvalue weighted by Gasteiger charge is -2.14. The van der Waals surface area contributed by atoms with Gasteiger partial charge in [-0.05, 0) is 24.3 Å². The van der Waals surface area contributed by atoms with Gasteiger partial charge in [-0.15, -0.1) is 0 Å². The monoisotopic (exact) mass is 329 g/mol. The molecule has 0 fully saturated rings. The minimum Gasteiger partial charge on any atom is -0.491 e. The number of hydrogen-bond donors (Lipinski definition) is 2. The van der Waals surface area contributed by atoms with Gasteiger partial charge in [0, 0.05) is 12.6 Å². The number of halogens is 3. The third-order valence-corrected chi connectivity index (χ3v) is 3.47. The first-order chi connectivity index (χ1) is 10.1. The smallest absolute Gasteiger partial charge is 0.146 e. The Morgan fingerprint density at radius 2 is 1.90 bits per heavy atom. The number of anilines is 1. The third kappa shape index (κ3) is 4.77. The average molecular weight is 330 g/mol. The molecule has 0 bridgehead atoms. The number of para-hydroxylation sites is 1. The van der Waals surface area contributed by atoms with E-state index < -0.39 is 6.10 Å². The summed E-state index contributed by atoms with van der Waals surface area (Å²) in [7, 11) is 0. The largest absolute Gasteiger partial charge is 0.491 e. The van der Waals surface area contributed by atoms with E-state index in [-0.39, 0.29) is 19.0 Å². The Kier molecular flexibility index (Phi) is 5.67. The van der Waals surface area contributed by atoms with Gasteiger partial charge in [-0.2, -0.15) is 0 Å². The fourth-order valence-corrected chi connectivity index (χ4v) is 1.94. The molecule has 0 aromatic heterocycles. The van der Waals surface area contributed by atoms with E-state index in [1.165, 1.54) is 6.07 Å². The van der Waals surface area contributed by atoms with E-state index in [4.69, 9.17) is 27.9 Å². The number of aliphatic hydroxyl groups excluding tert-OH is 1. The highest BCUT2D eigenvalue weighted by Gasteiger charge is 2.08. The van der Waals surface area contributed by atoms with Crippen LogP contribution in [0.4, 0.5) is 10.1 Å². The van der Waals surface area contributed by atoms with E-state index in [9.17, 15) is 9.50 Å². The molecular formula is C15H14Cl2FNO2. The Hall–Kier alpha value is -1.49. The van der Waals surface area contributed by atoms with Crippen molar-refractivity contribution in [2.45, 2.75) is 6.10 Å². The number of hydrogen-bond acceptors (Lipinski definition) is 3. The van der Waals surface area contributed by atoms with E-state index in [1.807, 2.05) is 0 Å². The van der Waals surface area contributed by atoms with Crippen molar-refractivity contribution in [1.82, 2.24) is 0 Å². The molecule has 2 aromatic carbocycles. The molecule has 0 spiro atoms. The van der Waals surface area contributed by atoms with Gasteiger partial charge in [-0.25, -0.2) is 4.39 Å². The molecule has 3 nitrogen and oxygen atoms in total. The maximum Gasteiger partial charge on any atom is 0.146 e. The van der Waals surface area contributed by atoms with Crippen LogP contribution < -0.4 is 10.1 Å². The maximum atomic E-state index is 13.4. The van der Waals surface area contributed by atoms with Crippen molar-refractivity contribution >= 4 is 28.9 Å². The summed E-state index contributed by atoms with van der Waals surface area (Å²) in [6, 6.07) is 11.1. The number of rotatable bonds is 6. The molecule has 1 unspecified atom stereocenters. The summed E-state index contributed by atoms with van der Waals surface area (Å²) in [5.74, 6) is 0.143. The molecule has 0 aliphatic carbocycles. The lowest BCUT2D eigenvalue weighted by atomic mass is 10.3. The molecule has 2 aromatic rings. The van der Waals surface area contributed by atoms with Crippen molar-refractivity contribution in [3.8, 4) is 5.75 Å². The number of benzene rings is 2. The highest BCUT2D eigenvalue weighted by Crippen LogP contribution is 2.26. The van der Waals surface area contributed by atoms with Crippen LogP contribution in [0.25, 0.3) is 0 Å². The minimum atomic E-state index is -0.793. The van der Waals surface area contributed by atoms with Gasteiger partial charge >= 0.3 is 0 Å². The molecule has 0 aliphatic rings. The Morgan fingerprint density at radius 3 is 2.62 bits per heavy atom. The van der Waals surface area contributed by atoms with Gasteiger partial charge in [0.25, 0.3) is 0 Å². The van der Waals surface area contributed by atoms with Crippen molar-refractivity contribution in [2.24, 2.45) is 0 Å². The second-order valence-electron chi connectivity index (χ2n) is 4.40. The van der Waals surface area contributed by atoms with Crippen LogP contribution in [0.2, 0.25) is 10.0 Å². The van der Waals surface area contributed by atoms with Crippen LogP contribution in [-0.4, -0.2) is 24.4 Å². The SMILES string of the molecule is OC(CNc1ccccc1F)COc1ccc(Cl)c(Cl)c1. The van der Waals surface area contributed by atoms with Crippen LogP contribution in [0.1, 0.15) is 0 Å². The first kappa shape index (κ1) is 15.9. The highest BCUT2D eigenvalue weighted by atomic mass is 35.5. The summed E-state index contributed by atoms with van der Waals surface area (Å²) in [4.78, 5) is 0. The van der Waals surface area contributed by atoms with Crippen molar-refractivity contribution in [3.05, 3.63) is 58.3 Å². The lowest BCUT2D eigenvalue weighted by molar-refractivity contribution is 0.117. The van der Waals surface area contributed by atoms with Crippen LogP contribution in [0.5, 0.6) is 5.75 Å². The zero-order valence-corrected chi connectivity index (χ0v) is 12.5. The van der Waals surface area contributed by atoms with Gasteiger partial charge in [-0.3, -0.25) is 0 Å². The fourth-order valence-electron chi connectivity index (χ4n) is 1.65.